The Balaban J connectivity index is 0.00000324. The molecule has 0 saturated carbocycles. The average molecular weight is 293 g/mol. The highest BCUT2D eigenvalue weighted by Gasteiger charge is 2.31. The minimum Gasteiger partial charge on any atom is -0.469 e. The van der Waals surface area contributed by atoms with Crippen molar-refractivity contribution in [2.45, 2.75) is 39.7 Å². The van der Waals surface area contributed by atoms with Crippen LogP contribution in [0.15, 0.2) is 0 Å². The smallest absolute Gasteiger partial charge is 0.313 e. The molecule has 0 aromatic heterocycles. The summed E-state index contributed by atoms with van der Waals surface area (Å²) in [6.07, 6.45) is 1.71. The van der Waals surface area contributed by atoms with Gasteiger partial charge < -0.3 is 15.4 Å². The molecular formula is C13H25ClN2O3. The molecule has 1 saturated heterocycles. The van der Waals surface area contributed by atoms with Crippen molar-refractivity contribution in [2.75, 3.05) is 20.2 Å². The molecule has 1 heterocycles. The van der Waals surface area contributed by atoms with Gasteiger partial charge in [0.2, 0.25) is 5.91 Å². The molecule has 1 aliphatic rings. The second kappa shape index (κ2) is 7.70. The van der Waals surface area contributed by atoms with Crippen LogP contribution in [-0.2, 0) is 14.3 Å². The molecule has 19 heavy (non-hydrogen) atoms. The maximum atomic E-state index is 12.0. The van der Waals surface area contributed by atoms with E-state index >= 15 is 0 Å². The molecule has 1 fully saturated rings. The van der Waals surface area contributed by atoms with Crippen molar-refractivity contribution in [3.8, 4) is 0 Å². The van der Waals surface area contributed by atoms with Gasteiger partial charge in [-0.1, -0.05) is 0 Å². The maximum absolute atomic E-state index is 12.0. The number of ether oxygens (including phenoxy) is 1. The third-order valence-electron chi connectivity index (χ3n) is 3.44. The highest BCUT2D eigenvalue weighted by atomic mass is 35.5. The lowest BCUT2D eigenvalue weighted by atomic mass is 9.90. The summed E-state index contributed by atoms with van der Waals surface area (Å²) in [7, 11) is 1.36. The first-order valence-electron chi connectivity index (χ1n) is 6.46. The molecule has 1 amide bonds. The topological polar surface area (TPSA) is 67.4 Å². The number of halogens is 1. The number of methoxy groups -OCH3 is 1. The second-order valence-corrected chi connectivity index (χ2v) is 5.67. The molecule has 2 N–H and O–H groups in total. The predicted octanol–water partition coefficient (Wildman–Crippen LogP) is 1.11. The van der Waals surface area contributed by atoms with Crippen molar-refractivity contribution < 1.29 is 14.3 Å². The van der Waals surface area contributed by atoms with Crippen LogP contribution >= 0.6 is 12.4 Å². The Kier molecular flexibility index (Phi) is 7.37. The summed E-state index contributed by atoms with van der Waals surface area (Å²) in [5.41, 5.74) is -0.678. The van der Waals surface area contributed by atoms with E-state index in [-0.39, 0.29) is 30.2 Å². The van der Waals surface area contributed by atoms with Gasteiger partial charge in [0, 0.05) is 18.5 Å². The van der Waals surface area contributed by atoms with E-state index < -0.39 is 5.41 Å². The number of carbonyl (C=O) groups excluding carboxylic acids is 2. The molecule has 1 aliphatic heterocycles. The number of hydrogen-bond acceptors (Lipinski definition) is 4. The van der Waals surface area contributed by atoms with E-state index in [1.54, 1.807) is 13.8 Å². The van der Waals surface area contributed by atoms with E-state index in [0.29, 0.717) is 12.6 Å². The summed E-state index contributed by atoms with van der Waals surface area (Å²) >= 11 is 0. The summed E-state index contributed by atoms with van der Waals surface area (Å²) in [4.78, 5) is 23.5. The third kappa shape index (κ3) is 5.37. The lowest BCUT2D eigenvalue weighted by Gasteiger charge is -2.28. The van der Waals surface area contributed by atoms with E-state index in [9.17, 15) is 9.59 Å². The quantitative estimate of drug-likeness (QED) is 0.762. The summed E-state index contributed by atoms with van der Waals surface area (Å²) in [5.74, 6) is -0.212. The van der Waals surface area contributed by atoms with E-state index in [1.807, 2.05) is 0 Å². The van der Waals surface area contributed by atoms with Gasteiger partial charge in [0.1, 0.15) is 0 Å². The molecule has 6 heteroatoms. The van der Waals surface area contributed by atoms with Crippen LogP contribution in [0.25, 0.3) is 0 Å². The molecule has 5 nitrogen and oxygen atoms in total. The minimum atomic E-state index is -0.678. The molecule has 0 unspecified atom stereocenters. The third-order valence-corrected chi connectivity index (χ3v) is 3.44. The average Bonchev–Trinajstić information content (AvgIpc) is 2.35. The van der Waals surface area contributed by atoms with Gasteiger partial charge in [-0.2, -0.15) is 0 Å². The number of piperidine rings is 1. The maximum Gasteiger partial charge on any atom is 0.313 e. The molecule has 0 spiro atoms. The molecule has 0 aromatic carbocycles. The van der Waals surface area contributed by atoms with Gasteiger partial charge in [-0.3, -0.25) is 9.59 Å². The Hall–Kier alpha value is -0.810. The van der Waals surface area contributed by atoms with Crippen LogP contribution in [0.2, 0.25) is 0 Å². The Labute approximate surface area is 121 Å². The lowest BCUT2D eigenvalue weighted by Crippen LogP contribution is -2.46. The van der Waals surface area contributed by atoms with Crippen LogP contribution in [0.4, 0.5) is 0 Å². The second-order valence-electron chi connectivity index (χ2n) is 5.67. The van der Waals surface area contributed by atoms with Gasteiger partial charge in [-0.05, 0) is 40.2 Å². The van der Waals surface area contributed by atoms with Crippen molar-refractivity contribution in [3.63, 3.8) is 0 Å². The number of esters is 1. The van der Waals surface area contributed by atoms with Crippen molar-refractivity contribution in [2.24, 2.45) is 11.3 Å². The monoisotopic (exact) mass is 292 g/mol. The van der Waals surface area contributed by atoms with Crippen molar-refractivity contribution >= 4 is 24.3 Å². The Morgan fingerprint density at radius 3 is 2.58 bits per heavy atom. The molecule has 2 atom stereocenters. The molecule has 0 aromatic rings. The predicted molar refractivity (Wildman–Crippen MR) is 76.2 cm³/mol. The Morgan fingerprint density at radius 2 is 2.05 bits per heavy atom. The SMILES string of the molecule is COC(=O)C(C)(C)CNC(=O)[C@H]1CCN[C@@H](C)C1.Cl. The first-order chi connectivity index (χ1) is 8.36. The molecule has 0 bridgehead atoms. The minimum absolute atomic E-state index is 0. The number of nitrogens with one attached hydrogen (secondary N) is 2. The summed E-state index contributed by atoms with van der Waals surface area (Å²) in [6.45, 7) is 6.81. The van der Waals surface area contributed by atoms with Gasteiger partial charge in [0.15, 0.2) is 0 Å². The van der Waals surface area contributed by atoms with E-state index in [2.05, 4.69) is 17.6 Å². The zero-order valence-electron chi connectivity index (χ0n) is 12.1. The molecule has 0 aliphatic carbocycles. The Bertz CT molecular complexity index is 321. The zero-order chi connectivity index (χ0) is 13.8. The standard InChI is InChI=1S/C13H24N2O3.ClH/c1-9-7-10(5-6-14-9)11(16)15-8-13(2,3)12(17)18-4;/h9-10,14H,5-8H2,1-4H3,(H,15,16);1H/t9-,10-;/m0./s1. The number of amides is 1. The highest BCUT2D eigenvalue weighted by molar-refractivity contribution is 5.85. The molecule has 1 rings (SSSR count). The molecule has 112 valence electrons. The first-order valence-corrected chi connectivity index (χ1v) is 6.46. The number of carbonyl (C=O) groups is 2. The first kappa shape index (κ1) is 18.2. The van der Waals surface area contributed by atoms with Crippen LogP contribution in [0, 0.1) is 11.3 Å². The van der Waals surface area contributed by atoms with Gasteiger partial charge in [-0.15, -0.1) is 12.4 Å². The Morgan fingerprint density at radius 1 is 1.42 bits per heavy atom. The number of rotatable bonds is 4. The molecule has 0 radical (unpaired) electrons. The van der Waals surface area contributed by atoms with Crippen LogP contribution in [-0.4, -0.2) is 38.1 Å². The van der Waals surface area contributed by atoms with Crippen molar-refractivity contribution in [1.29, 1.82) is 0 Å². The summed E-state index contributed by atoms with van der Waals surface area (Å²) in [6, 6.07) is 0.378. The van der Waals surface area contributed by atoms with Gasteiger partial charge in [0.05, 0.1) is 12.5 Å². The largest absolute Gasteiger partial charge is 0.469 e. The van der Waals surface area contributed by atoms with Gasteiger partial charge in [0.25, 0.3) is 0 Å². The van der Waals surface area contributed by atoms with Crippen molar-refractivity contribution in [3.05, 3.63) is 0 Å². The zero-order valence-corrected chi connectivity index (χ0v) is 12.9. The fourth-order valence-corrected chi connectivity index (χ4v) is 2.17. The van der Waals surface area contributed by atoms with E-state index in [0.717, 1.165) is 19.4 Å². The fraction of sp³-hybridized carbons (Fsp3) is 0.846. The molecular weight excluding hydrogens is 268 g/mol. The van der Waals surface area contributed by atoms with Crippen LogP contribution in [0.5, 0.6) is 0 Å². The normalized spacial score (nSPS) is 23.2. The van der Waals surface area contributed by atoms with Crippen LogP contribution < -0.4 is 10.6 Å². The fourth-order valence-electron chi connectivity index (χ4n) is 2.17. The summed E-state index contributed by atoms with van der Waals surface area (Å²) in [5, 5.41) is 6.17. The van der Waals surface area contributed by atoms with E-state index in [1.165, 1.54) is 7.11 Å². The van der Waals surface area contributed by atoms with Gasteiger partial charge in [-0.25, -0.2) is 0 Å². The summed E-state index contributed by atoms with van der Waals surface area (Å²) < 4.78 is 4.71. The highest BCUT2D eigenvalue weighted by Crippen LogP contribution is 2.18. The van der Waals surface area contributed by atoms with Crippen molar-refractivity contribution in [1.82, 2.24) is 10.6 Å². The van der Waals surface area contributed by atoms with E-state index in [4.69, 9.17) is 4.74 Å². The van der Waals surface area contributed by atoms with Crippen LogP contribution in [0.1, 0.15) is 33.6 Å². The number of hydrogen-bond donors (Lipinski definition) is 2. The van der Waals surface area contributed by atoms with Gasteiger partial charge >= 0.3 is 5.97 Å². The lowest BCUT2D eigenvalue weighted by molar-refractivity contribution is -0.150. The van der Waals surface area contributed by atoms with Crippen LogP contribution in [0.3, 0.4) is 0 Å².